The number of amides is 12. The molecule has 7 heterocycles. The quantitative estimate of drug-likeness (QED) is 0.0249. The average Bonchev–Trinajstić information content (AvgIpc) is 1.70. The van der Waals surface area contributed by atoms with E-state index in [-0.39, 0.29) is 160 Å². The lowest BCUT2D eigenvalue weighted by Gasteiger charge is -2.19. The standard InChI is InChI=1S/C63H85N23O15/c1-63(2,3)101-62(98)69-22-25-99-27-28-100-26-24-79(4)50(90)16-20-68-59(95)53-77-46(37-85(53)10)78-57(93)43-29-38(32-83(43)8)70-48(88)14-19-67-58(94)52-75-44(35-84(52)9)73-47(87)13-12-17-65-55(91)41-31-40(34-81(41)6)72-61(97)54-76-45(36-86(54)11)74-49(89)15-18-66-56(92)42-30-39(33-82(42)7)71-60(96)51-64-21-23-80(51)5/h21,23,29-37H,12-20,22,24-28H2,1-11H3,(H,65,91)(H,66,92)(H,67,94)(H,68,95)(H,69,98)(H,70,88)(H,71,96)(H,72,97)(H,73,87)(H,74,89)(H,78,93). The Bertz CT molecular complexity index is 4170. The highest BCUT2D eigenvalue weighted by molar-refractivity contribution is 6.06. The molecule has 0 aromatic carbocycles. The third-order valence-electron chi connectivity index (χ3n) is 14.6. The molecule has 11 N–H and O–H groups in total. The first-order valence-electron chi connectivity index (χ1n) is 31.8. The Morgan fingerprint density at radius 3 is 1.35 bits per heavy atom. The lowest BCUT2D eigenvalue weighted by atomic mass is 10.2. The van der Waals surface area contributed by atoms with Crippen molar-refractivity contribution in [3.63, 3.8) is 0 Å². The molecule has 0 bridgehead atoms. The van der Waals surface area contributed by atoms with E-state index in [4.69, 9.17) is 14.2 Å². The summed E-state index contributed by atoms with van der Waals surface area (Å²) in [6, 6.07) is 4.38. The predicted octanol–water partition coefficient (Wildman–Crippen LogP) is 1.20. The number of nitrogens with zero attached hydrogens (tertiary/aromatic N) is 12. The molecule has 542 valence electrons. The summed E-state index contributed by atoms with van der Waals surface area (Å²) in [6.45, 7) is 7.01. The second-order valence-electron chi connectivity index (χ2n) is 24.1. The second kappa shape index (κ2) is 35.5. The molecule has 38 nitrogen and oxygen atoms in total. The van der Waals surface area contributed by atoms with Gasteiger partial charge in [-0.05, 0) is 45.4 Å². The SMILES string of the molecule is CN(CCOCCOCCNC(=O)OC(C)(C)C)C(=O)CCNC(=O)c1nc(NC(=O)c2cc(NC(=O)CCNC(=O)c3nc(NC(=O)CCCNC(=O)c4cc(NC(=O)c5nc(NC(=O)CCNC(=O)c6cc(NC(=O)c7nccn7C)cn6C)cn5C)cn4C)cn3C)cn2C)cn1C. The van der Waals surface area contributed by atoms with Crippen molar-refractivity contribution in [2.24, 2.45) is 49.3 Å². The fourth-order valence-corrected chi connectivity index (χ4v) is 9.59. The van der Waals surface area contributed by atoms with Crippen molar-refractivity contribution in [1.82, 2.24) is 83.4 Å². The first-order chi connectivity index (χ1) is 47.9. The number of imidazole rings is 4. The molecule has 12 amide bonds. The van der Waals surface area contributed by atoms with E-state index in [1.165, 1.54) is 87.7 Å². The number of likely N-dealkylation sites (N-methyl/N-ethyl adjacent to an activating group) is 1. The summed E-state index contributed by atoms with van der Waals surface area (Å²) in [6.07, 6.45) is 11.4. The number of aromatic nitrogens is 11. The first-order valence-corrected chi connectivity index (χ1v) is 31.8. The molecule has 7 rings (SSSR count). The van der Waals surface area contributed by atoms with E-state index in [1.807, 2.05) is 0 Å². The fourth-order valence-electron chi connectivity index (χ4n) is 9.59. The van der Waals surface area contributed by atoms with Crippen molar-refractivity contribution in [2.75, 3.05) is 105 Å². The third kappa shape index (κ3) is 23.1. The number of rotatable bonds is 35. The zero-order valence-corrected chi connectivity index (χ0v) is 57.9. The van der Waals surface area contributed by atoms with Crippen LogP contribution in [0, 0.1) is 0 Å². The molecule has 0 aliphatic carbocycles. The van der Waals surface area contributed by atoms with Gasteiger partial charge in [-0.2, -0.15) is 0 Å². The van der Waals surface area contributed by atoms with Crippen molar-refractivity contribution in [3.8, 4) is 0 Å². The molecule has 0 atom stereocenters. The molecule has 0 radical (unpaired) electrons. The number of carbonyl (C=O) groups is 12. The fraction of sp³-hybridized carbons (Fsp3) is 0.429. The molecule has 101 heavy (non-hydrogen) atoms. The van der Waals surface area contributed by atoms with Crippen LogP contribution in [0.5, 0.6) is 0 Å². The van der Waals surface area contributed by atoms with E-state index in [2.05, 4.69) is 78.4 Å². The van der Waals surface area contributed by atoms with Gasteiger partial charge in [0, 0.05) is 171 Å². The molecule has 0 unspecified atom stereocenters. The Morgan fingerprint density at radius 2 is 0.842 bits per heavy atom. The van der Waals surface area contributed by atoms with Crippen LogP contribution < -0.4 is 58.5 Å². The smallest absolute Gasteiger partial charge is 0.407 e. The Labute approximate surface area is 579 Å². The van der Waals surface area contributed by atoms with Gasteiger partial charge in [-0.25, -0.2) is 24.7 Å². The van der Waals surface area contributed by atoms with Gasteiger partial charge in [-0.3, -0.25) is 52.7 Å². The Morgan fingerprint density at radius 1 is 0.416 bits per heavy atom. The van der Waals surface area contributed by atoms with Crippen LogP contribution in [0.3, 0.4) is 0 Å². The summed E-state index contributed by atoms with van der Waals surface area (Å²) in [4.78, 5) is 172. The normalized spacial score (nSPS) is 11.1. The van der Waals surface area contributed by atoms with Crippen LogP contribution in [0.4, 0.5) is 39.3 Å². The number of aryl methyl sites for hydroxylation is 7. The first kappa shape index (κ1) is 76.4. The maximum absolute atomic E-state index is 13.3. The Kier molecular flexibility index (Phi) is 26.9. The minimum absolute atomic E-state index is 0.00753. The molecule has 0 aliphatic heterocycles. The predicted molar refractivity (Wildman–Crippen MR) is 365 cm³/mol. The zero-order valence-electron chi connectivity index (χ0n) is 57.9. The van der Waals surface area contributed by atoms with Crippen LogP contribution in [-0.2, 0) is 82.7 Å². The lowest BCUT2D eigenvalue weighted by molar-refractivity contribution is -0.130. The summed E-state index contributed by atoms with van der Waals surface area (Å²) in [7, 11) is 12.8. The average molecular weight is 1400 g/mol. The molecule has 7 aromatic heterocycles. The van der Waals surface area contributed by atoms with Gasteiger partial charge >= 0.3 is 6.09 Å². The maximum atomic E-state index is 13.3. The minimum Gasteiger partial charge on any atom is -0.444 e. The molecule has 7 aromatic rings. The van der Waals surface area contributed by atoms with Gasteiger partial charge in [-0.15, -0.1) is 0 Å². The summed E-state index contributed by atoms with van der Waals surface area (Å²) >= 11 is 0. The molecular weight excluding hydrogens is 1320 g/mol. The van der Waals surface area contributed by atoms with Crippen molar-refractivity contribution < 1.29 is 71.7 Å². The minimum atomic E-state index is -0.638. The van der Waals surface area contributed by atoms with Gasteiger partial charge in [0.15, 0.2) is 23.3 Å². The second-order valence-corrected chi connectivity index (χ2v) is 24.1. The number of hydrogen-bond acceptors (Lipinski definition) is 19. The summed E-state index contributed by atoms with van der Waals surface area (Å²) in [5, 5.41) is 29.3. The number of carbonyl (C=O) groups excluding carboxylic acids is 12. The van der Waals surface area contributed by atoms with Gasteiger partial charge in [0.1, 0.15) is 22.7 Å². The molecule has 0 saturated carbocycles. The van der Waals surface area contributed by atoms with Crippen molar-refractivity contribution in [2.45, 2.75) is 58.5 Å². The monoisotopic (exact) mass is 1400 g/mol. The lowest BCUT2D eigenvalue weighted by Crippen LogP contribution is -2.35. The van der Waals surface area contributed by atoms with Crippen LogP contribution in [0.25, 0.3) is 0 Å². The zero-order chi connectivity index (χ0) is 73.7. The highest BCUT2D eigenvalue weighted by Gasteiger charge is 2.24. The highest BCUT2D eigenvalue weighted by atomic mass is 16.6. The number of anilines is 6. The summed E-state index contributed by atoms with van der Waals surface area (Å²) < 4.78 is 26.4. The molecule has 0 fully saturated rings. The van der Waals surface area contributed by atoms with E-state index >= 15 is 0 Å². The molecule has 0 aliphatic rings. The summed E-state index contributed by atoms with van der Waals surface area (Å²) in [5.74, 6) is -5.20. The van der Waals surface area contributed by atoms with Crippen LogP contribution >= 0.6 is 0 Å². The van der Waals surface area contributed by atoms with E-state index < -0.39 is 70.8 Å². The molecule has 0 spiro atoms. The number of alkyl carbamates (subject to hydrolysis) is 1. The van der Waals surface area contributed by atoms with E-state index in [1.54, 1.807) is 94.1 Å². The molecule has 38 heteroatoms. The third-order valence-corrected chi connectivity index (χ3v) is 14.6. The number of hydrogen-bond donors (Lipinski definition) is 11. The summed E-state index contributed by atoms with van der Waals surface area (Å²) in [5.41, 5.74) is 0.920. The largest absolute Gasteiger partial charge is 0.444 e. The van der Waals surface area contributed by atoms with Gasteiger partial charge in [0.05, 0.1) is 43.5 Å². The van der Waals surface area contributed by atoms with Gasteiger partial charge in [0.25, 0.3) is 41.4 Å². The van der Waals surface area contributed by atoms with Crippen molar-refractivity contribution >= 4 is 106 Å². The van der Waals surface area contributed by atoms with E-state index in [0.29, 0.717) is 18.8 Å². The molecule has 0 saturated heterocycles. The molecular formula is C63H85N23O15. The maximum Gasteiger partial charge on any atom is 0.407 e. The Hall–Kier alpha value is -12.0. The van der Waals surface area contributed by atoms with E-state index in [9.17, 15) is 57.5 Å². The van der Waals surface area contributed by atoms with E-state index in [0.717, 1.165) is 0 Å². The van der Waals surface area contributed by atoms with Crippen molar-refractivity contribution in [1.29, 1.82) is 0 Å². The van der Waals surface area contributed by atoms with Crippen LogP contribution in [0.15, 0.2) is 67.8 Å². The Balaban J connectivity index is 0.738. The topological polar surface area (TPSA) is 454 Å². The van der Waals surface area contributed by atoms with Crippen LogP contribution in [0.1, 0.15) is 127 Å². The number of ether oxygens (including phenoxy) is 3. The van der Waals surface area contributed by atoms with Crippen LogP contribution in [0.2, 0.25) is 0 Å². The van der Waals surface area contributed by atoms with Gasteiger partial charge in [0.2, 0.25) is 41.1 Å². The van der Waals surface area contributed by atoms with Crippen molar-refractivity contribution in [3.05, 3.63) is 108 Å². The van der Waals surface area contributed by atoms with Crippen LogP contribution in [-0.4, -0.2) is 206 Å². The highest BCUT2D eigenvalue weighted by Crippen LogP contribution is 2.20. The number of nitrogens with one attached hydrogen (secondary N) is 11. The van der Waals surface area contributed by atoms with Gasteiger partial charge < -0.3 is 110 Å². The van der Waals surface area contributed by atoms with Gasteiger partial charge in [-0.1, -0.05) is 0 Å².